The van der Waals surface area contributed by atoms with Crippen LogP contribution in [0.15, 0.2) is 33.9 Å². The number of aromatic amines is 1. The SMILES string of the molecule is CCCCn1c(=O)[nH]c(=O)c2c1nc(CN1CCC(C(=O)c3ccc(Cl)cc3)CC1)n2C. The topological polar surface area (TPSA) is 93.0 Å². The van der Waals surface area contributed by atoms with Gasteiger partial charge in [-0.1, -0.05) is 24.9 Å². The second-order valence-electron chi connectivity index (χ2n) is 8.45. The summed E-state index contributed by atoms with van der Waals surface area (Å²) in [4.78, 5) is 46.9. The largest absolute Gasteiger partial charge is 0.330 e. The number of halogens is 1. The van der Waals surface area contributed by atoms with Crippen molar-refractivity contribution in [3.63, 3.8) is 0 Å². The molecule has 4 rings (SSSR count). The molecular weight excluding hydrogens is 430 g/mol. The van der Waals surface area contributed by atoms with Crippen LogP contribution in [0.2, 0.25) is 5.02 Å². The number of aromatic nitrogens is 4. The van der Waals surface area contributed by atoms with Crippen LogP contribution in [-0.2, 0) is 20.1 Å². The highest BCUT2D eigenvalue weighted by Crippen LogP contribution is 2.24. The molecule has 0 bridgehead atoms. The molecular formula is C23H28ClN5O3. The van der Waals surface area contributed by atoms with Crippen molar-refractivity contribution in [2.75, 3.05) is 13.1 Å². The van der Waals surface area contributed by atoms with Crippen molar-refractivity contribution >= 4 is 28.5 Å². The highest BCUT2D eigenvalue weighted by atomic mass is 35.5. The Labute approximate surface area is 190 Å². The molecule has 3 aromatic rings. The number of unbranched alkanes of at least 4 members (excludes halogenated alkanes) is 1. The lowest BCUT2D eigenvalue weighted by atomic mass is 9.89. The summed E-state index contributed by atoms with van der Waals surface area (Å²) in [7, 11) is 1.81. The molecule has 0 atom stereocenters. The summed E-state index contributed by atoms with van der Waals surface area (Å²) in [5.41, 5.74) is 0.738. The van der Waals surface area contributed by atoms with Crippen LogP contribution in [0.1, 0.15) is 48.8 Å². The van der Waals surface area contributed by atoms with Crippen molar-refractivity contribution in [1.82, 2.24) is 24.0 Å². The lowest BCUT2D eigenvalue weighted by molar-refractivity contribution is 0.0832. The van der Waals surface area contributed by atoms with Gasteiger partial charge in [-0.15, -0.1) is 0 Å². The average molecular weight is 458 g/mol. The number of nitrogens with one attached hydrogen (secondary N) is 1. The van der Waals surface area contributed by atoms with Crippen LogP contribution in [0.3, 0.4) is 0 Å². The molecule has 3 heterocycles. The Kier molecular flexibility index (Phi) is 6.62. The van der Waals surface area contributed by atoms with E-state index in [1.165, 1.54) is 0 Å². The van der Waals surface area contributed by atoms with Crippen molar-refractivity contribution in [2.45, 2.75) is 45.7 Å². The number of fused-ring (bicyclic) bond motifs is 1. The molecule has 0 saturated carbocycles. The smallest absolute Gasteiger partial charge is 0.324 e. The molecule has 1 aliphatic heterocycles. The highest BCUT2D eigenvalue weighted by Gasteiger charge is 2.27. The van der Waals surface area contributed by atoms with E-state index < -0.39 is 11.2 Å². The highest BCUT2D eigenvalue weighted by molar-refractivity contribution is 6.30. The van der Waals surface area contributed by atoms with E-state index >= 15 is 0 Å². The number of carbonyl (C=O) groups excluding carboxylic acids is 1. The third-order valence-corrected chi connectivity index (χ3v) is 6.55. The van der Waals surface area contributed by atoms with Crippen molar-refractivity contribution in [3.8, 4) is 0 Å². The predicted octanol–water partition coefficient (Wildman–Crippen LogP) is 2.97. The van der Waals surface area contributed by atoms with Crippen LogP contribution < -0.4 is 11.2 Å². The van der Waals surface area contributed by atoms with Crippen molar-refractivity contribution in [1.29, 1.82) is 0 Å². The molecule has 1 aromatic carbocycles. The summed E-state index contributed by atoms with van der Waals surface area (Å²) < 4.78 is 3.34. The fourth-order valence-corrected chi connectivity index (χ4v) is 4.49. The molecule has 2 aromatic heterocycles. The minimum Gasteiger partial charge on any atom is -0.324 e. The monoisotopic (exact) mass is 457 g/mol. The third kappa shape index (κ3) is 4.42. The van der Waals surface area contributed by atoms with Gasteiger partial charge in [0.25, 0.3) is 5.56 Å². The first-order valence-corrected chi connectivity index (χ1v) is 11.5. The quantitative estimate of drug-likeness (QED) is 0.550. The molecule has 8 nitrogen and oxygen atoms in total. The molecule has 0 unspecified atom stereocenters. The van der Waals surface area contributed by atoms with Crippen molar-refractivity contribution in [3.05, 3.63) is 61.5 Å². The Hall–Kier alpha value is -2.71. The number of ketones is 1. The summed E-state index contributed by atoms with van der Waals surface area (Å²) in [5, 5.41) is 0.623. The lowest BCUT2D eigenvalue weighted by Crippen LogP contribution is -2.36. The molecule has 1 fully saturated rings. The zero-order valence-electron chi connectivity index (χ0n) is 18.4. The number of hydrogen-bond donors (Lipinski definition) is 1. The maximum absolute atomic E-state index is 12.8. The van der Waals surface area contributed by atoms with E-state index in [2.05, 4.69) is 21.8 Å². The summed E-state index contributed by atoms with van der Waals surface area (Å²) in [5.74, 6) is 0.897. The van der Waals surface area contributed by atoms with Crippen LogP contribution in [0.4, 0.5) is 0 Å². The fourth-order valence-electron chi connectivity index (χ4n) is 4.36. The molecule has 1 aliphatic rings. The Morgan fingerprint density at radius 2 is 1.88 bits per heavy atom. The molecule has 0 aliphatic carbocycles. The van der Waals surface area contributed by atoms with Crippen molar-refractivity contribution in [2.24, 2.45) is 13.0 Å². The standard InChI is InChI=1S/C23H28ClN5O3/c1-3-4-11-29-21-19(22(31)26-23(29)32)27(2)18(25-21)14-28-12-9-16(10-13-28)20(30)15-5-7-17(24)8-6-15/h5-8,16H,3-4,9-14H2,1-2H3,(H,26,31,32). The number of hydrogen-bond acceptors (Lipinski definition) is 5. The summed E-state index contributed by atoms with van der Waals surface area (Å²) >= 11 is 5.93. The van der Waals surface area contributed by atoms with E-state index in [-0.39, 0.29) is 11.7 Å². The fraction of sp³-hybridized carbons (Fsp3) is 0.478. The molecule has 0 amide bonds. The average Bonchev–Trinajstić information content (AvgIpc) is 3.10. The van der Waals surface area contributed by atoms with Gasteiger partial charge < -0.3 is 4.57 Å². The molecule has 0 spiro atoms. The number of nitrogens with zero attached hydrogens (tertiary/aromatic N) is 4. The minimum atomic E-state index is -0.415. The van der Waals surface area contributed by atoms with Gasteiger partial charge in [0.05, 0.1) is 6.54 Å². The number of likely N-dealkylation sites (tertiary alicyclic amines) is 1. The normalized spacial score (nSPS) is 15.5. The Balaban J connectivity index is 1.49. The number of piperidine rings is 1. The van der Waals surface area contributed by atoms with Gasteiger partial charge in [0.15, 0.2) is 16.9 Å². The number of imidazole rings is 1. The van der Waals surface area contributed by atoms with E-state index in [4.69, 9.17) is 11.6 Å². The van der Waals surface area contributed by atoms with Crippen LogP contribution in [-0.4, -0.2) is 42.9 Å². The van der Waals surface area contributed by atoms with Crippen LogP contribution in [0.25, 0.3) is 11.2 Å². The maximum Gasteiger partial charge on any atom is 0.330 e. The van der Waals surface area contributed by atoms with Gasteiger partial charge in [-0.3, -0.25) is 24.0 Å². The number of rotatable bonds is 7. The van der Waals surface area contributed by atoms with E-state index in [1.807, 2.05) is 7.05 Å². The maximum atomic E-state index is 12.8. The number of aryl methyl sites for hydroxylation is 2. The molecule has 170 valence electrons. The summed E-state index contributed by atoms with van der Waals surface area (Å²) in [6, 6.07) is 7.06. The molecule has 0 radical (unpaired) electrons. The second kappa shape index (κ2) is 9.42. The first kappa shape index (κ1) is 22.5. The summed E-state index contributed by atoms with van der Waals surface area (Å²) in [6.45, 7) is 4.68. The van der Waals surface area contributed by atoms with Crippen LogP contribution >= 0.6 is 11.6 Å². The van der Waals surface area contributed by atoms with Crippen molar-refractivity contribution < 1.29 is 4.79 Å². The number of carbonyl (C=O) groups is 1. The second-order valence-corrected chi connectivity index (χ2v) is 8.88. The Bertz CT molecular complexity index is 1230. The van der Waals surface area contributed by atoms with Gasteiger partial charge in [-0.05, 0) is 56.6 Å². The first-order chi connectivity index (χ1) is 15.4. The van der Waals surface area contributed by atoms with E-state index in [0.717, 1.165) is 44.6 Å². The van der Waals surface area contributed by atoms with Gasteiger partial charge in [-0.2, -0.15) is 0 Å². The van der Waals surface area contributed by atoms with Crippen LogP contribution in [0.5, 0.6) is 0 Å². The zero-order chi connectivity index (χ0) is 22.8. The Morgan fingerprint density at radius 3 is 2.53 bits per heavy atom. The van der Waals surface area contributed by atoms with Gasteiger partial charge in [0.1, 0.15) is 5.82 Å². The molecule has 1 N–H and O–H groups in total. The number of benzene rings is 1. The Morgan fingerprint density at radius 1 is 1.19 bits per heavy atom. The van der Waals surface area contributed by atoms with E-state index in [0.29, 0.717) is 34.8 Å². The minimum absolute atomic E-state index is 0.00469. The van der Waals surface area contributed by atoms with E-state index in [1.54, 1.807) is 33.4 Å². The van der Waals surface area contributed by atoms with Gasteiger partial charge in [0, 0.05) is 30.1 Å². The molecule has 9 heteroatoms. The van der Waals surface area contributed by atoms with Crippen LogP contribution in [0, 0.1) is 5.92 Å². The lowest BCUT2D eigenvalue weighted by Gasteiger charge is -2.30. The van der Waals surface area contributed by atoms with E-state index in [9.17, 15) is 14.4 Å². The molecule has 32 heavy (non-hydrogen) atoms. The van der Waals surface area contributed by atoms with Gasteiger partial charge >= 0.3 is 5.69 Å². The van der Waals surface area contributed by atoms with Gasteiger partial charge in [0.2, 0.25) is 0 Å². The number of Topliss-reactive ketones (excluding diaryl/α,β-unsaturated/α-hetero) is 1. The first-order valence-electron chi connectivity index (χ1n) is 11.1. The van der Waals surface area contributed by atoms with Gasteiger partial charge in [-0.25, -0.2) is 9.78 Å². The molecule has 1 saturated heterocycles. The summed E-state index contributed by atoms with van der Waals surface area (Å²) in [6.07, 6.45) is 3.32. The number of H-pyrrole nitrogens is 1. The predicted molar refractivity (Wildman–Crippen MR) is 124 cm³/mol. The zero-order valence-corrected chi connectivity index (χ0v) is 19.2. The third-order valence-electron chi connectivity index (χ3n) is 6.29.